The summed E-state index contributed by atoms with van der Waals surface area (Å²) in [5.41, 5.74) is 3.98. The highest BCUT2D eigenvalue weighted by Gasteiger charge is 2.30. The van der Waals surface area contributed by atoms with Gasteiger partial charge in [-0.05, 0) is 53.4 Å². The van der Waals surface area contributed by atoms with Gasteiger partial charge in [0.05, 0.1) is 11.1 Å². The molecule has 1 aliphatic rings. The molecule has 2 heterocycles. The van der Waals surface area contributed by atoms with Crippen molar-refractivity contribution < 1.29 is 13.9 Å². The number of aromatic nitrogens is 1. The molecule has 4 aromatic rings. The van der Waals surface area contributed by atoms with Crippen LogP contribution in [0.3, 0.4) is 0 Å². The summed E-state index contributed by atoms with van der Waals surface area (Å²) < 4.78 is 20.8. The Kier molecular flexibility index (Phi) is 5.75. The first-order valence-corrected chi connectivity index (χ1v) is 11.0. The Balaban J connectivity index is 1.21. The second kappa shape index (κ2) is 9.00. The summed E-state index contributed by atoms with van der Waals surface area (Å²) in [6.45, 7) is 1.57. The van der Waals surface area contributed by atoms with E-state index in [0.29, 0.717) is 37.1 Å². The Morgan fingerprint density at radius 2 is 1.70 bits per heavy atom. The number of esters is 1. The van der Waals surface area contributed by atoms with E-state index in [-0.39, 0.29) is 23.4 Å². The van der Waals surface area contributed by atoms with Crippen LogP contribution < -0.4 is 10.9 Å². The summed E-state index contributed by atoms with van der Waals surface area (Å²) in [5.74, 6) is -0.663. The number of pyridine rings is 1. The first kappa shape index (κ1) is 21.1. The normalized spacial score (nSPS) is 14.9. The molecule has 1 aromatic heterocycles. The number of fused-ring (bicyclic) bond motifs is 2. The molecule has 1 unspecified atom stereocenters. The maximum atomic E-state index is 13.7. The summed E-state index contributed by atoms with van der Waals surface area (Å²) in [6, 6.07) is 23.5. The third kappa shape index (κ3) is 4.30. The first-order valence-electron chi connectivity index (χ1n) is 11.0. The molecule has 0 fully saturated rings. The third-order valence-electron chi connectivity index (χ3n) is 6.03. The molecule has 5 nitrogen and oxygen atoms in total. The lowest BCUT2D eigenvalue weighted by Crippen LogP contribution is -2.28. The van der Waals surface area contributed by atoms with Crippen LogP contribution in [0.1, 0.15) is 28.4 Å². The second-order valence-corrected chi connectivity index (χ2v) is 8.13. The molecule has 0 spiro atoms. The van der Waals surface area contributed by atoms with Gasteiger partial charge in [-0.1, -0.05) is 42.5 Å². The van der Waals surface area contributed by atoms with E-state index < -0.39 is 0 Å². The zero-order chi connectivity index (χ0) is 22.8. The number of hydrogen-bond donors (Lipinski definition) is 1. The maximum absolute atomic E-state index is 13.7. The van der Waals surface area contributed by atoms with Crippen molar-refractivity contribution in [2.45, 2.75) is 19.1 Å². The van der Waals surface area contributed by atoms with Crippen molar-refractivity contribution >= 4 is 16.9 Å². The van der Waals surface area contributed by atoms with Crippen molar-refractivity contribution in [1.29, 1.82) is 0 Å². The van der Waals surface area contributed by atoms with E-state index in [9.17, 15) is 14.0 Å². The number of nitrogens with zero attached hydrogens (tertiary/aromatic N) is 1. The van der Waals surface area contributed by atoms with E-state index in [1.165, 1.54) is 18.2 Å². The summed E-state index contributed by atoms with van der Waals surface area (Å²) in [7, 11) is 0. The maximum Gasteiger partial charge on any atom is 0.339 e. The van der Waals surface area contributed by atoms with Crippen LogP contribution in [-0.4, -0.2) is 23.6 Å². The molecule has 6 heteroatoms. The van der Waals surface area contributed by atoms with Crippen molar-refractivity contribution in [2.75, 3.05) is 13.1 Å². The highest BCUT2D eigenvalue weighted by Crippen LogP contribution is 2.35. The zero-order valence-corrected chi connectivity index (χ0v) is 18.0. The van der Waals surface area contributed by atoms with Crippen LogP contribution in [0.5, 0.6) is 0 Å². The van der Waals surface area contributed by atoms with Gasteiger partial charge >= 0.3 is 5.97 Å². The van der Waals surface area contributed by atoms with Gasteiger partial charge in [0.1, 0.15) is 11.9 Å². The highest BCUT2D eigenvalue weighted by molar-refractivity contribution is 5.95. The molecule has 0 amide bonds. The van der Waals surface area contributed by atoms with Crippen LogP contribution in [0.25, 0.3) is 22.0 Å². The number of cyclic esters (lactones) is 1. The van der Waals surface area contributed by atoms with Gasteiger partial charge in [-0.25, -0.2) is 9.18 Å². The molecule has 1 aliphatic heterocycles. The van der Waals surface area contributed by atoms with Gasteiger partial charge in [0.2, 0.25) is 0 Å². The average molecular weight is 442 g/mol. The molecule has 33 heavy (non-hydrogen) atoms. The summed E-state index contributed by atoms with van der Waals surface area (Å²) in [4.78, 5) is 24.7. The van der Waals surface area contributed by atoms with Crippen molar-refractivity contribution in [3.63, 3.8) is 0 Å². The minimum Gasteiger partial charge on any atom is -0.454 e. The number of ether oxygens (including phenoxy) is 1. The van der Waals surface area contributed by atoms with Gasteiger partial charge < -0.3 is 14.6 Å². The second-order valence-electron chi connectivity index (χ2n) is 8.13. The molecule has 1 atom stereocenters. The Morgan fingerprint density at radius 3 is 2.55 bits per heavy atom. The SMILES string of the molecule is O=C1OC(CCNCCn2c(=O)ccc3ccc(F)cc32)c2ccc(-c3ccccc3)cc21. The molecule has 166 valence electrons. The van der Waals surface area contributed by atoms with Crippen LogP contribution >= 0.6 is 0 Å². The van der Waals surface area contributed by atoms with E-state index in [2.05, 4.69) is 5.32 Å². The smallest absolute Gasteiger partial charge is 0.339 e. The van der Waals surface area contributed by atoms with E-state index in [4.69, 9.17) is 4.74 Å². The fraction of sp³-hybridized carbons (Fsp3) is 0.185. The van der Waals surface area contributed by atoms with Crippen LogP contribution in [0.2, 0.25) is 0 Å². The highest BCUT2D eigenvalue weighted by atomic mass is 19.1. The van der Waals surface area contributed by atoms with Crippen molar-refractivity contribution in [1.82, 2.24) is 9.88 Å². The summed E-state index contributed by atoms with van der Waals surface area (Å²) >= 11 is 0. The van der Waals surface area contributed by atoms with Crippen LogP contribution in [0.4, 0.5) is 4.39 Å². The molecular formula is C27H23FN2O3. The zero-order valence-electron chi connectivity index (χ0n) is 18.0. The van der Waals surface area contributed by atoms with E-state index >= 15 is 0 Å². The minimum atomic E-state index is -0.369. The lowest BCUT2D eigenvalue weighted by Gasteiger charge is -2.13. The average Bonchev–Trinajstić information content (AvgIpc) is 3.15. The number of benzene rings is 3. The Bertz CT molecular complexity index is 1380. The Hall–Kier alpha value is -3.77. The molecule has 5 rings (SSSR count). The van der Waals surface area contributed by atoms with Crippen LogP contribution in [0.15, 0.2) is 83.7 Å². The van der Waals surface area contributed by atoms with E-state index in [0.717, 1.165) is 22.1 Å². The van der Waals surface area contributed by atoms with Gasteiger partial charge in [-0.15, -0.1) is 0 Å². The first-order chi connectivity index (χ1) is 16.1. The number of halogens is 1. The number of hydrogen-bond acceptors (Lipinski definition) is 4. The number of carbonyl (C=O) groups excluding carboxylic acids is 1. The molecule has 0 saturated carbocycles. The van der Waals surface area contributed by atoms with Crippen LogP contribution in [-0.2, 0) is 11.3 Å². The molecule has 0 bridgehead atoms. The molecule has 3 aromatic carbocycles. The lowest BCUT2D eigenvalue weighted by molar-refractivity contribution is 0.0369. The van der Waals surface area contributed by atoms with Gasteiger partial charge in [-0.3, -0.25) is 4.79 Å². The summed E-state index contributed by atoms with van der Waals surface area (Å²) in [6.07, 6.45) is 0.335. The number of nitrogens with one attached hydrogen (secondary N) is 1. The molecule has 0 saturated heterocycles. The van der Waals surface area contributed by atoms with Crippen molar-refractivity contribution in [3.05, 3.63) is 106 Å². The topological polar surface area (TPSA) is 60.3 Å². The molecule has 0 radical (unpaired) electrons. The summed E-state index contributed by atoms with van der Waals surface area (Å²) in [5, 5.41) is 4.13. The molecule has 1 N–H and O–H groups in total. The Labute approximate surface area is 190 Å². The number of rotatable bonds is 7. The molecular weight excluding hydrogens is 419 g/mol. The largest absolute Gasteiger partial charge is 0.454 e. The Morgan fingerprint density at radius 1 is 0.879 bits per heavy atom. The predicted octanol–water partition coefficient (Wildman–Crippen LogP) is 4.70. The van der Waals surface area contributed by atoms with E-state index in [1.54, 1.807) is 16.7 Å². The third-order valence-corrected chi connectivity index (χ3v) is 6.03. The quantitative estimate of drug-likeness (QED) is 0.333. The lowest BCUT2D eigenvalue weighted by atomic mass is 9.97. The monoisotopic (exact) mass is 442 g/mol. The fourth-order valence-corrected chi connectivity index (χ4v) is 4.34. The van der Waals surface area contributed by atoms with Gasteiger partial charge in [0.25, 0.3) is 5.56 Å². The predicted molar refractivity (Wildman–Crippen MR) is 126 cm³/mol. The van der Waals surface area contributed by atoms with Gasteiger partial charge in [0.15, 0.2) is 0 Å². The number of carbonyl (C=O) groups is 1. The van der Waals surface area contributed by atoms with Crippen molar-refractivity contribution in [3.8, 4) is 11.1 Å². The van der Waals surface area contributed by atoms with Crippen LogP contribution in [0, 0.1) is 5.82 Å². The van der Waals surface area contributed by atoms with Crippen molar-refractivity contribution in [2.24, 2.45) is 0 Å². The van der Waals surface area contributed by atoms with E-state index in [1.807, 2.05) is 48.5 Å². The molecule has 0 aliphatic carbocycles. The van der Waals surface area contributed by atoms with Gasteiger partial charge in [0, 0.05) is 31.1 Å². The van der Waals surface area contributed by atoms with Gasteiger partial charge in [-0.2, -0.15) is 0 Å². The fourth-order valence-electron chi connectivity index (χ4n) is 4.34. The minimum absolute atomic E-state index is 0.164. The standard InChI is InChI=1S/C27H23FN2O3/c28-21-9-6-19-8-11-26(31)30(24(19)17-21)15-14-29-13-12-25-22-10-7-20(16-23(22)27(32)33-25)18-4-2-1-3-5-18/h1-11,16-17,25,29H,12-15H2.